The number of benzene rings is 1. The fourth-order valence-electron chi connectivity index (χ4n) is 1.85. The summed E-state index contributed by atoms with van der Waals surface area (Å²) >= 11 is 0. The van der Waals surface area contributed by atoms with Crippen LogP contribution in [0.3, 0.4) is 0 Å². The first-order chi connectivity index (χ1) is 10.1. The Kier molecular flexibility index (Phi) is 7.29. The molecule has 0 N–H and O–H groups in total. The Labute approximate surface area is 125 Å². The largest absolute Gasteiger partial charge is 0.508 e. The minimum atomic E-state index is -0.689. The summed E-state index contributed by atoms with van der Waals surface area (Å²) in [7, 11) is 0. The van der Waals surface area contributed by atoms with E-state index in [1.165, 1.54) is 0 Å². The summed E-state index contributed by atoms with van der Waals surface area (Å²) in [6.07, 6.45) is -0.402. The SMILES string of the molecule is CCOC(=O)OC(CC)C(C)COC(=O)c1ccccc1. The topological polar surface area (TPSA) is 61.8 Å². The Morgan fingerprint density at radius 3 is 2.33 bits per heavy atom. The van der Waals surface area contributed by atoms with E-state index in [1.807, 2.05) is 19.9 Å². The van der Waals surface area contributed by atoms with Gasteiger partial charge in [0.15, 0.2) is 0 Å². The number of ether oxygens (including phenoxy) is 3. The zero-order valence-corrected chi connectivity index (χ0v) is 12.7. The van der Waals surface area contributed by atoms with Gasteiger partial charge in [-0.25, -0.2) is 9.59 Å². The summed E-state index contributed by atoms with van der Waals surface area (Å²) in [5, 5.41) is 0. The number of carbonyl (C=O) groups excluding carboxylic acids is 2. The zero-order valence-electron chi connectivity index (χ0n) is 12.7. The Bertz CT molecular complexity index is 443. The van der Waals surface area contributed by atoms with Crippen molar-refractivity contribution < 1.29 is 23.8 Å². The minimum Gasteiger partial charge on any atom is -0.462 e. The third-order valence-corrected chi connectivity index (χ3v) is 3.03. The molecule has 0 saturated heterocycles. The van der Waals surface area contributed by atoms with Crippen molar-refractivity contribution in [2.24, 2.45) is 5.92 Å². The molecule has 0 spiro atoms. The number of hydrogen-bond acceptors (Lipinski definition) is 5. The van der Waals surface area contributed by atoms with Gasteiger partial charge in [0.2, 0.25) is 0 Å². The molecule has 116 valence electrons. The molecule has 2 atom stereocenters. The van der Waals surface area contributed by atoms with Gasteiger partial charge in [-0.2, -0.15) is 0 Å². The molecule has 0 aromatic heterocycles. The molecule has 0 aliphatic rings. The van der Waals surface area contributed by atoms with Gasteiger partial charge >= 0.3 is 12.1 Å². The Hall–Kier alpha value is -2.04. The quantitative estimate of drug-likeness (QED) is 0.721. The zero-order chi connectivity index (χ0) is 15.7. The first-order valence-electron chi connectivity index (χ1n) is 7.14. The monoisotopic (exact) mass is 294 g/mol. The van der Waals surface area contributed by atoms with E-state index in [4.69, 9.17) is 14.2 Å². The van der Waals surface area contributed by atoms with Crippen LogP contribution >= 0.6 is 0 Å². The summed E-state index contributed by atoms with van der Waals surface area (Å²) < 4.78 is 15.2. The smallest absolute Gasteiger partial charge is 0.462 e. The van der Waals surface area contributed by atoms with E-state index in [1.54, 1.807) is 31.2 Å². The van der Waals surface area contributed by atoms with Crippen molar-refractivity contribution in [3.63, 3.8) is 0 Å². The molecule has 0 saturated carbocycles. The van der Waals surface area contributed by atoms with E-state index in [-0.39, 0.29) is 31.2 Å². The van der Waals surface area contributed by atoms with Crippen molar-refractivity contribution >= 4 is 12.1 Å². The Balaban J connectivity index is 2.45. The van der Waals surface area contributed by atoms with Gasteiger partial charge < -0.3 is 14.2 Å². The van der Waals surface area contributed by atoms with Crippen molar-refractivity contribution in [1.82, 2.24) is 0 Å². The van der Waals surface area contributed by atoms with Crippen LogP contribution in [0.25, 0.3) is 0 Å². The molecule has 1 aromatic rings. The van der Waals surface area contributed by atoms with Crippen LogP contribution in [-0.2, 0) is 14.2 Å². The number of rotatable bonds is 7. The predicted molar refractivity (Wildman–Crippen MR) is 78.1 cm³/mol. The first-order valence-corrected chi connectivity index (χ1v) is 7.14. The summed E-state index contributed by atoms with van der Waals surface area (Å²) in [6.45, 7) is 5.94. The van der Waals surface area contributed by atoms with Gasteiger partial charge in [0.25, 0.3) is 0 Å². The number of carbonyl (C=O) groups is 2. The molecule has 21 heavy (non-hydrogen) atoms. The maximum absolute atomic E-state index is 11.8. The molecular weight excluding hydrogens is 272 g/mol. The van der Waals surface area contributed by atoms with Crippen LogP contribution in [0.15, 0.2) is 30.3 Å². The second-order valence-corrected chi connectivity index (χ2v) is 4.69. The van der Waals surface area contributed by atoms with Crippen LogP contribution in [-0.4, -0.2) is 31.4 Å². The lowest BCUT2D eigenvalue weighted by molar-refractivity contribution is -0.0112. The highest BCUT2D eigenvalue weighted by molar-refractivity contribution is 5.89. The average molecular weight is 294 g/mol. The molecule has 0 aliphatic heterocycles. The van der Waals surface area contributed by atoms with Crippen molar-refractivity contribution in [2.45, 2.75) is 33.3 Å². The van der Waals surface area contributed by atoms with Crippen molar-refractivity contribution in [1.29, 1.82) is 0 Å². The lowest BCUT2D eigenvalue weighted by Crippen LogP contribution is -2.29. The molecule has 0 aliphatic carbocycles. The van der Waals surface area contributed by atoms with Crippen LogP contribution < -0.4 is 0 Å². The lowest BCUT2D eigenvalue weighted by atomic mass is 10.0. The van der Waals surface area contributed by atoms with Crippen LogP contribution in [0.2, 0.25) is 0 Å². The van der Waals surface area contributed by atoms with Crippen molar-refractivity contribution in [3.05, 3.63) is 35.9 Å². The standard InChI is InChI=1S/C16H22O5/c1-4-14(21-16(18)19-5-2)12(3)11-20-15(17)13-9-7-6-8-10-13/h6-10,12,14H,4-5,11H2,1-3H3. The van der Waals surface area contributed by atoms with Gasteiger partial charge in [0, 0.05) is 5.92 Å². The van der Waals surface area contributed by atoms with Crippen LogP contribution in [0.5, 0.6) is 0 Å². The summed E-state index contributed by atoms with van der Waals surface area (Å²) in [5.74, 6) is -0.486. The highest BCUT2D eigenvalue weighted by atomic mass is 16.7. The van der Waals surface area contributed by atoms with E-state index in [0.717, 1.165) is 0 Å². The maximum Gasteiger partial charge on any atom is 0.508 e. The molecule has 5 nitrogen and oxygen atoms in total. The molecule has 0 fully saturated rings. The van der Waals surface area contributed by atoms with Gasteiger partial charge in [-0.15, -0.1) is 0 Å². The van der Waals surface area contributed by atoms with E-state index in [9.17, 15) is 9.59 Å². The molecule has 5 heteroatoms. The summed E-state index contributed by atoms with van der Waals surface area (Å²) in [5.41, 5.74) is 0.504. The normalized spacial score (nSPS) is 13.1. The van der Waals surface area contributed by atoms with E-state index >= 15 is 0 Å². The van der Waals surface area contributed by atoms with Crippen LogP contribution in [0, 0.1) is 5.92 Å². The van der Waals surface area contributed by atoms with E-state index in [2.05, 4.69) is 0 Å². The van der Waals surface area contributed by atoms with Crippen molar-refractivity contribution in [3.8, 4) is 0 Å². The van der Waals surface area contributed by atoms with Gasteiger partial charge in [0.05, 0.1) is 18.8 Å². The lowest BCUT2D eigenvalue weighted by Gasteiger charge is -2.22. The van der Waals surface area contributed by atoms with Gasteiger partial charge in [0.1, 0.15) is 6.10 Å². The molecule has 0 heterocycles. The second kappa shape index (κ2) is 9.00. The fourth-order valence-corrected chi connectivity index (χ4v) is 1.85. The van der Waals surface area contributed by atoms with Crippen LogP contribution in [0.1, 0.15) is 37.6 Å². The van der Waals surface area contributed by atoms with Gasteiger partial charge in [-0.3, -0.25) is 0 Å². The highest BCUT2D eigenvalue weighted by Crippen LogP contribution is 2.14. The van der Waals surface area contributed by atoms with Gasteiger partial charge in [-0.1, -0.05) is 32.0 Å². The predicted octanol–water partition coefficient (Wildman–Crippen LogP) is 3.43. The van der Waals surface area contributed by atoms with Gasteiger partial charge in [-0.05, 0) is 25.5 Å². The van der Waals surface area contributed by atoms with E-state index in [0.29, 0.717) is 12.0 Å². The van der Waals surface area contributed by atoms with Crippen LogP contribution in [0.4, 0.5) is 4.79 Å². The maximum atomic E-state index is 11.8. The Morgan fingerprint density at radius 1 is 1.10 bits per heavy atom. The molecular formula is C16H22O5. The van der Waals surface area contributed by atoms with E-state index < -0.39 is 6.16 Å². The highest BCUT2D eigenvalue weighted by Gasteiger charge is 2.22. The third kappa shape index (κ3) is 5.85. The Morgan fingerprint density at radius 2 is 1.76 bits per heavy atom. The fraction of sp³-hybridized carbons (Fsp3) is 0.500. The molecule has 0 amide bonds. The molecule has 1 aromatic carbocycles. The minimum absolute atomic E-state index is 0.105. The summed E-state index contributed by atoms with van der Waals surface area (Å²) in [6, 6.07) is 8.77. The number of hydrogen-bond donors (Lipinski definition) is 0. The third-order valence-electron chi connectivity index (χ3n) is 3.03. The molecule has 2 unspecified atom stereocenters. The first kappa shape index (κ1) is 17.0. The second-order valence-electron chi connectivity index (χ2n) is 4.69. The number of esters is 1. The average Bonchev–Trinajstić information content (AvgIpc) is 2.51. The molecule has 1 rings (SSSR count). The summed E-state index contributed by atoms with van der Waals surface area (Å²) in [4.78, 5) is 23.2. The molecule has 0 radical (unpaired) electrons. The van der Waals surface area contributed by atoms with Crippen molar-refractivity contribution in [2.75, 3.05) is 13.2 Å². The molecule has 0 bridgehead atoms.